The predicted molar refractivity (Wildman–Crippen MR) is 226 cm³/mol. The van der Waals surface area contributed by atoms with Crippen LogP contribution in [0.2, 0.25) is 0 Å². The number of aliphatic hydroxyl groups is 4. The Morgan fingerprint density at radius 3 is 1.47 bits per heavy atom. The van der Waals surface area contributed by atoms with Crippen molar-refractivity contribution in [2.75, 3.05) is 19.9 Å². The fourth-order valence-electron chi connectivity index (χ4n) is 5.51. The van der Waals surface area contributed by atoms with E-state index in [2.05, 4.69) is 155 Å². The predicted octanol–water partition coefficient (Wildman–Crippen LogP) is 2.61. The van der Waals surface area contributed by atoms with Crippen molar-refractivity contribution >= 4 is 0 Å². The summed E-state index contributed by atoms with van der Waals surface area (Å²) >= 11 is 0. The van der Waals surface area contributed by atoms with E-state index in [4.69, 9.17) is 18.9 Å². The Balaban J connectivity index is 1.78. The average Bonchev–Trinajstić information content (AvgIpc) is 3.23. The van der Waals surface area contributed by atoms with Crippen LogP contribution < -0.4 is 5.32 Å². The minimum Gasteiger partial charge on any atom is -0.430 e. The highest BCUT2D eigenvalue weighted by molar-refractivity contribution is 5.47. The zero-order valence-corrected chi connectivity index (χ0v) is 33.9. The maximum Gasteiger partial charge on any atom is 0.186 e. The molecule has 59 heavy (non-hydrogen) atoms. The highest BCUT2D eigenvalue weighted by Gasteiger charge is 2.51. The molecule has 2 fully saturated rings. The highest BCUT2D eigenvalue weighted by Crippen LogP contribution is 2.30. The molecule has 2 rings (SSSR count). The Bertz CT molecular complexity index is 2090. The molecular weight excluding hydrogens is 743 g/mol. The molecule has 0 aliphatic carbocycles. The van der Waals surface area contributed by atoms with Crippen molar-refractivity contribution in [2.45, 2.75) is 146 Å². The molecule has 2 aliphatic heterocycles. The van der Waals surface area contributed by atoms with E-state index in [1.807, 2.05) is 0 Å². The van der Waals surface area contributed by atoms with Gasteiger partial charge in [-0.25, -0.2) is 0 Å². The van der Waals surface area contributed by atoms with Gasteiger partial charge in [0.15, 0.2) is 13.0 Å². The molecule has 2 aliphatic rings. The molecule has 0 bridgehead atoms. The van der Waals surface area contributed by atoms with Crippen molar-refractivity contribution in [1.82, 2.24) is 5.32 Å². The number of nitrogens with one attached hydrogen (secondary N) is 1. The van der Waals surface area contributed by atoms with Crippen LogP contribution in [-0.2, 0) is 18.9 Å². The second kappa shape index (κ2) is 34.3. The van der Waals surface area contributed by atoms with Gasteiger partial charge >= 0.3 is 0 Å². The number of hydrogen-bond donors (Lipinski definition) is 5. The van der Waals surface area contributed by atoms with Gasteiger partial charge in [-0.15, -0.1) is 0 Å². The van der Waals surface area contributed by atoms with Gasteiger partial charge in [0, 0.05) is 82.9 Å². The van der Waals surface area contributed by atoms with Crippen LogP contribution in [0.4, 0.5) is 0 Å². The molecule has 9 nitrogen and oxygen atoms in total. The molecule has 304 valence electrons. The first-order valence-electron chi connectivity index (χ1n) is 19.9. The molecule has 0 aromatic carbocycles. The minimum atomic E-state index is -1.34. The zero-order valence-electron chi connectivity index (χ0n) is 33.9. The largest absolute Gasteiger partial charge is 0.430 e. The van der Waals surface area contributed by atoms with Gasteiger partial charge in [0.1, 0.15) is 30.5 Å². The van der Waals surface area contributed by atoms with Crippen molar-refractivity contribution in [1.29, 1.82) is 0 Å². The van der Waals surface area contributed by atoms with Crippen LogP contribution in [-0.4, -0.2) is 89.3 Å². The lowest BCUT2D eigenvalue weighted by atomic mass is 9.95. The SMILES string of the molecule is CC#CC#CC#CC#CC#CC#CC#CC#CC#CC#CC#CC#COCN[C@@H](CO[C@H]1OC2CO[C@@H]2[C@H](O)C1O)[C@H](O)[C@H](O)CCCCCCCCCCCCCC. The summed E-state index contributed by atoms with van der Waals surface area (Å²) < 4.78 is 22.1. The third-order valence-corrected chi connectivity index (χ3v) is 8.67. The first-order chi connectivity index (χ1) is 29.0. The van der Waals surface area contributed by atoms with Gasteiger partial charge in [-0.1, -0.05) is 89.9 Å². The minimum absolute atomic E-state index is 0.130. The topological polar surface area (TPSA) is 130 Å². The molecule has 0 aromatic rings. The van der Waals surface area contributed by atoms with Crippen LogP contribution in [0, 0.1) is 142 Å². The monoisotopic (exact) mass is 793 g/mol. The van der Waals surface area contributed by atoms with Crippen molar-refractivity contribution in [2.24, 2.45) is 0 Å². The molecule has 0 saturated carbocycles. The van der Waals surface area contributed by atoms with Crippen LogP contribution in [0.15, 0.2) is 0 Å². The van der Waals surface area contributed by atoms with E-state index in [0.717, 1.165) is 19.3 Å². The molecular formula is C50H51NO8. The highest BCUT2D eigenvalue weighted by atomic mass is 16.7. The second-order valence-electron chi connectivity index (χ2n) is 13.1. The number of hydrogen-bond acceptors (Lipinski definition) is 9. The fraction of sp³-hybridized carbons (Fsp3) is 0.520. The Hall–Kier alpha value is -5.80. The second-order valence-corrected chi connectivity index (χ2v) is 13.1. The van der Waals surface area contributed by atoms with Gasteiger partial charge in [-0.2, -0.15) is 0 Å². The number of fused-ring (bicyclic) bond motifs is 1. The van der Waals surface area contributed by atoms with E-state index in [0.29, 0.717) is 6.42 Å². The normalized spacial score (nSPS) is 18.6. The van der Waals surface area contributed by atoms with Crippen LogP contribution in [0.3, 0.4) is 0 Å². The van der Waals surface area contributed by atoms with E-state index >= 15 is 0 Å². The van der Waals surface area contributed by atoms with Gasteiger partial charge < -0.3 is 39.4 Å². The molecule has 0 amide bonds. The Kier molecular flexibility index (Phi) is 28.7. The zero-order chi connectivity index (χ0) is 42.4. The molecule has 5 N–H and O–H groups in total. The third kappa shape index (κ3) is 23.9. The summed E-state index contributed by atoms with van der Waals surface area (Å²) in [4.78, 5) is 0. The van der Waals surface area contributed by atoms with E-state index < -0.39 is 49.0 Å². The van der Waals surface area contributed by atoms with Crippen molar-refractivity contribution in [3.63, 3.8) is 0 Å². The molecule has 0 spiro atoms. The fourth-order valence-corrected chi connectivity index (χ4v) is 5.51. The molecule has 8 atom stereocenters. The lowest BCUT2D eigenvalue weighted by molar-refractivity contribution is -0.351. The summed E-state index contributed by atoms with van der Waals surface area (Å²) in [5.74, 6) is 58.0. The summed E-state index contributed by atoms with van der Waals surface area (Å²) in [6, 6.07) is -0.811. The summed E-state index contributed by atoms with van der Waals surface area (Å²) in [6.45, 7) is 3.92. The van der Waals surface area contributed by atoms with Gasteiger partial charge in [-0.3, -0.25) is 5.32 Å². The molecule has 2 heterocycles. The lowest BCUT2D eigenvalue weighted by Crippen LogP contribution is -2.66. The molecule has 0 aromatic heterocycles. The van der Waals surface area contributed by atoms with E-state index in [1.165, 1.54) is 57.8 Å². The van der Waals surface area contributed by atoms with Crippen molar-refractivity contribution < 1.29 is 39.4 Å². The Morgan fingerprint density at radius 2 is 1.03 bits per heavy atom. The smallest absolute Gasteiger partial charge is 0.186 e. The van der Waals surface area contributed by atoms with E-state index in [1.54, 1.807) is 6.92 Å². The van der Waals surface area contributed by atoms with Crippen LogP contribution in [0.5, 0.6) is 0 Å². The van der Waals surface area contributed by atoms with E-state index in [9.17, 15) is 20.4 Å². The maximum atomic E-state index is 11.1. The Labute approximate surface area is 352 Å². The van der Waals surface area contributed by atoms with Crippen molar-refractivity contribution in [3.05, 3.63) is 0 Å². The van der Waals surface area contributed by atoms with Gasteiger partial charge in [0.2, 0.25) is 0 Å². The number of unbranched alkanes of at least 4 members (excludes halogenated alkanes) is 11. The summed E-state index contributed by atoms with van der Waals surface area (Å²) in [6.07, 6.45) is 10.3. The summed E-state index contributed by atoms with van der Waals surface area (Å²) in [5.41, 5.74) is 0. The summed E-state index contributed by atoms with van der Waals surface area (Å²) in [7, 11) is 0. The average molecular weight is 794 g/mol. The van der Waals surface area contributed by atoms with Crippen LogP contribution >= 0.6 is 0 Å². The molecule has 9 heteroatoms. The van der Waals surface area contributed by atoms with Crippen LogP contribution in [0.1, 0.15) is 97.3 Å². The molecule has 2 saturated heterocycles. The third-order valence-electron chi connectivity index (χ3n) is 8.67. The first kappa shape index (κ1) is 49.3. The number of aliphatic hydroxyl groups excluding tert-OH is 4. The quantitative estimate of drug-likeness (QED) is 0.0678. The standard InChI is InChI=1S/C50H51NO8/c1-3-5-7-9-11-13-15-17-18-19-20-21-22-23-24-25-26-27-29-31-33-35-37-39-56-42-51-43(40-58-50-48(55)47(54)49-45(59-50)41-57-49)46(53)44(52)38-36-34-32-30-28-16-14-12-10-8-6-4-2/h43-55H,4,6,8,10,12,14,16,28,30,32,34,36,38,40-42H2,1-2H3/t43-,44+,45?,46-,47+,48?,49-,50-/m0/s1. The number of ether oxygens (including phenoxy) is 4. The van der Waals surface area contributed by atoms with Gasteiger partial charge in [0.25, 0.3) is 0 Å². The Morgan fingerprint density at radius 1 is 0.593 bits per heavy atom. The first-order valence-corrected chi connectivity index (χ1v) is 19.9. The van der Waals surface area contributed by atoms with Gasteiger partial charge in [-0.05, 0) is 60.7 Å². The number of rotatable bonds is 21. The maximum absolute atomic E-state index is 11.1. The summed E-state index contributed by atoms with van der Waals surface area (Å²) in [5, 5.41) is 45.7. The van der Waals surface area contributed by atoms with E-state index in [-0.39, 0.29) is 19.9 Å². The molecule has 2 unspecified atom stereocenters. The molecule has 0 radical (unpaired) electrons. The lowest BCUT2D eigenvalue weighted by Gasteiger charge is -2.48. The van der Waals surface area contributed by atoms with Crippen molar-refractivity contribution in [3.8, 4) is 142 Å². The van der Waals surface area contributed by atoms with Crippen LogP contribution in [0.25, 0.3) is 0 Å². The van der Waals surface area contributed by atoms with Gasteiger partial charge in [0.05, 0.1) is 31.5 Å².